The van der Waals surface area contributed by atoms with Crippen molar-refractivity contribution in [2.75, 3.05) is 20.3 Å². The average Bonchev–Trinajstić information content (AvgIpc) is 3.02. The van der Waals surface area contributed by atoms with Crippen LogP contribution in [0.5, 0.6) is 0 Å². The molecule has 7 nitrogen and oxygen atoms in total. The normalized spacial score (nSPS) is 26.4. The molecule has 0 radical (unpaired) electrons. The first kappa shape index (κ1) is 17.4. The predicted octanol–water partition coefficient (Wildman–Crippen LogP) is 0.327. The number of esters is 2. The van der Waals surface area contributed by atoms with Gasteiger partial charge in [0.2, 0.25) is 0 Å². The van der Waals surface area contributed by atoms with Crippen LogP contribution in [0.2, 0.25) is 0 Å². The third-order valence-corrected chi connectivity index (χ3v) is 2.57. The number of cyclic esters (lactones) is 1. The standard InChI is InChI=1S/C9H14O4.C5H6O3/c1-9(2)12-6-7(13-9)4-5-8(10)11-3;6-3-4-1-2-5(7)8-4/h4-5,7H,6H2,1-3H3;1-2,4,6H,3H2/b5-4-;/t;4-/m.0/s1. The van der Waals surface area contributed by atoms with Crippen LogP contribution in [0.3, 0.4) is 0 Å². The molecule has 2 aliphatic rings. The van der Waals surface area contributed by atoms with Crippen LogP contribution in [-0.2, 0) is 28.5 Å². The van der Waals surface area contributed by atoms with Gasteiger partial charge >= 0.3 is 11.9 Å². The van der Waals surface area contributed by atoms with Gasteiger partial charge < -0.3 is 24.1 Å². The van der Waals surface area contributed by atoms with Gasteiger partial charge in [-0.1, -0.05) is 0 Å². The fourth-order valence-corrected chi connectivity index (χ4v) is 1.58. The molecule has 2 rings (SSSR count). The van der Waals surface area contributed by atoms with E-state index in [1.165, 1.54) is 25.3 Å². The number of aliphatic hydroxyl groups excluding tert-OH is 1. The second-order valence-electron chi connectivity index (χ2n) is 4.77. The molecule has 0 saturated carbocycles. The molecule has 0 aromatic rings. The lowest BCUT2D eigenvalue weighted by Gasteiger charge is -2.15. The van der Waals surface area contributed by atoms with Gasteiger partial charge in [0, 0.05) is 12.2 Å². The highest BCUT2D eigenvalue weighted by molar-refractivity contribution is 5.84. The summed E-state index contributed by atoms with van der Waals surface area (Å²) in [6.45, 7) is 4.01. The fraction of sp³-hybridized carbons (Fsp3) is 0.571. The highest BCUT2D eigenvalue weighted by atomic mass is 16.7. The zero-order valence-corrected chi connectivity index (χ0v) is 12.3. The van der Waals surface area contributed by atoms with Crippen molar-refractivity contribution >= 4 is 11.9 Å². The molecule has 1 saturated heterocycles. The van der Waals surface area contributed by atoms with Crippen LogP contribution < -0.4 is 0 Å². The van der Waals surface area contributed by atoms with Crippen LogP contribution >= 0.6 is 0 Å². The molecule has 0 spiro atoms. The van der Waals surface area contributed by atoms with Crippen molar-refractivity contribution in [1.29, 1.82) is 0 Å². The van der Waals surface area contributed by atoms with Crippen LogP contribution in [0.4, 0.5) is 0 Å². The fourth-order valence-electron chi connectivity index (χ4n) is 1.58. The molecule has 2 atom stereocenters. The summed E-state index contributed by atoms with van der Waals surface area (Å²) in [7, 11) is 1.34. The first-order valence-corrected chi connectivity index (χ1v) is 6.44. The van der Waals surface area contributed by atoms with E-state index < -0.39 is 11.9 Å². The van der Waals surface area contributed by atoms with Crippen molar-refractivity contribution in [1.82, 2.24) is 0 Å². The maximum atomic E-state index is 10.7. The summed E-state index contributed by atoms with van der Waals surface area (Å²) in [5.41, 5.74) is 0. The van der Waals surface area contributed by atoms with Crippen molar-refractivity contribution in [2.24, 2.45) is 0 Å². The highest BCUT2D eigenvalue weighted by Crippen LogP contribution is 2.22. The van der Waals surface area contributed by atoms with E-state index in [0.29, 0.717) is 6.61 Å². The lowest BCUT2D eigenvalue weighted by atomic mass is 10.3. The topological polar surface area (TPSA) is 91.3 Å². The van der Waals surface area contributed by atoms with Crippen molar-refractivity contribution in [3.63, 3.8) is 0 Å². The monoisotopic (exact) mass is 300 g/mol. The summed E-state index contributed by atoms with van der Waals surface area (Å²) in [6, 6.07) is 0. The van der Waals surface area contributed by atoms with Crippen LogP contribution in [0.15, 0.2) is 24.3 Å². The van der Waals surface area contributed by atoms with Gasteiger partial charge in [-0.2, -0.15) is 0 Å². The molecule has 1 N–H and O–H groups in total. The van der Waals surface area contributed by atoms with Crippen molar-refractivity contribution in [3.05, 3.63) is 24.3 Å². The molecule has 1 fully saturated rings. The Bertz CT molecular complexity index is 425. The number of carbonyl (C=O) groups is 2. The molecule has 21 heavy (non-hydrogen) atoms. The molecule has 0 amide bonds. The first-order valence-electron chi connectivity index (χ1n) is 6.44. The van der Waals surface area contributed by atoms with Crippen LogP contribution in [0.1, 0.15) is 13.8 Å². The van der Waals surface area contributed by atoms with E-state index in [4.69, 9.17) is 14.6 Å². The third kappa shape index (κ3) is 6.52. The number of carbonyl (C=O) groups excluding carboxylic acids is 2. The molecule has 0 aromatic heterocycles. The Morgan fingerprint density at radius 1 is 1.57 bits per heavy atom. The lowest BCUT2D eigenvalue weighted by molar-refractivity contribution is -0.140. The maximum Gasteiger partial charge on any atom is 0.331 e. The van der Waals surface area contributed by atoms with Crippen LogP contribution in [0, 0.1) is 0 Å². The minimum absolute atomic E-state index is 0.123. The number of rotatable bonds is 3. The Morgan fingerprint density at radius 3 is 2.67 bits per heavy atom. The van der Waals surface area contributed by atoms with E-state index in [1.807, 2.05) is 13.8 Å². The summed E-state index contributed by atoms with van der Waals surface area (Å²) >= 11 is 0. The van der Waals surface area contributed by atoms with Gasteiger partial charge in [-0.05, 0) is 26.0 Å². The summed E-state index contributed by atoms with van der Waals surface area (Å²) < 4.78 is 19.7. The molecular formula is C14H20O7. The van der Waals surface area contributed by atoms with Gasteiger partial charge in [0.05, 0.1) is 20.3 Å². The van der Waals surface area contributed by atoms with E-state index in [1.54, 1.807) is 6.08 Å². The number of hydrogen-bond acceptors (Lipinski definition) is 7. The molecule has 7 heteroatoms. The van der Waals surface area contributed by atoms with Crippen LogP contribution in [-0.4, -0.2) is 55.4 Å². The van der Waals surface area contributed by atoms with E-state index in [-0.39, 0.29) is 24.6 Å². The molecule has 0 bridgehead atoms. The molecule has 0 aliphatic carbocycles. The smallest absolute Gasteiger partial charge is 0.331 e. The maximum absolute atomic E-state index is 10.7. The summed E-state index contributed by atoms with van der Waals surface area (Å²) in [5.74, 6) is -1.30. The molecule has 2 heterocycles. The van der Waals surface area contributed by atoms with Crippen molar-refractivity contribution in [3.8, 4) is 0 Å². The SMILES string of the molecule is COC(=O)/C=C\C1COC(C)(C)O1.O=C1C=C[C@@H](CO)O1. The largest absolute Gasteiger partial charge is 0.466 e. The third-order valence-electron chi connectivity index (χ3n) is 2.57. The molecule has 0 aromatic carbocycles. The lowest BCUT2D eigenvalue weighted by Crippen LogP contribution is -2.20. The van der Waals surface area contributed by atoms with Gasteiger partial charge in [0.1, 0.15) is 12.2 Å². The second kappa shape index (κ2) is 7.92. The number of hydrogen-bond donors (Lipinski definition) is 1. The quantitative estimate of drug-likeness (QED) is 0.593. The summed E-state index contributed by atoms with van der Waals surface area (Å²) in [5, 5.41) is 8.36. The summed E-state index contributed by atoms with van der Waals surface area (Å²) in [4.78, 5) is 20.9. The summed E-state index contributed by atoms with van der Waals surface area (Å²) in [6.07, 6.45) is 5.26. The Balaban J connectivity index is 0.000000235. The Labute approximate surface area is 123 Å². The van der Waals surface area contributed by atoms with Crippen LogP contribution in [0.25, 0.3) is 0 Å². The molecule has 1 unspecified atom stereocenters. The van der Waals surface area contributed by atoms with Crippen molar-refractivity contribution < 1.29 is 33.6 Å². The van der Waals surface area contributed by atoms with E-state index in [0.717, 1.165) is 0 Å². The Morgan fingerprint density at radius 2 is 2.29 bits per heavy atom. The zero-order valence-electron chi connectivity index (χ0n) is 12.3. The zero-order chi connectivity index (χ0) is 15.9. The highest BCUT2D eigenvalue weighted by Gasteiger charge is 2.31. The van der Waals surface area contributed by atoms with E-state index in [9.17, 15) is 9.59 Å². The number of ether oxygens (including phenoxy) is 4. The first-order chi connectivity index (χ1) is 9.86. The molecule has 118 valence electrons. The van der Waals surface area contributed by atoms with Gasteiger partial charge in [-0.25, -0.2) is 9.59 Å². The van der Waals surface area contributed by atoms with Crippen molar-refractivity contribution in [2.45, 2.75) is 31.8 Å². The van der Waals surface area contributed by atoms with Gasteiger partial charge in [-0.15, -0.1) is 0 Å². The Kier molecular flexibility index (Phi) is 6.54. The minimum atomic E-state index is -0.550. The van der Waals surface area contributed by atoms with Gasteiger partial charge in [-0.3, -0.25) is 0 Å². The molecule has 2 aliphatic heterocycles. The van der Waals surface area contributed by atoms with Gasteiger partial charge in [0.15, 0.2) is 5.79 Å². The second-order valence-corrected chi connectivity index (χ2v) is 4.77. The number of aliphatic hydroxyl groups is 1. The predicted molar refractivity (Wildman–Crippen MR) is 72.2 cm³/mol. The minimum Gasteiger partial charge on any atom is -0.466 e. The Hall–Kier alpha value is -1.70. The van der Waals surface area contributed by atoms with E-state index >= 15 is 0 Å². The van der Waals surface area contributed by atoms with E-state index in [2.05, 4.69) is 9.47 Å². The van der Waals surface area contributed by atoms with Gasteiger partial charge in [0.25, 0.3) is 0 Å². The number of methoxy groups -OCH3 is 1. The average molecular weight is 300 g/mol. The molecular weight excluding hydrogens is 280 g/mol.